The minimum Gasteiger partial charge on any atom is -0.489 e. The molecule has 1 amide bonds. The molecule has 0 bridgehead atoms. The SMILES string of the molecule is CCNC(=NCC(C)Oc1ccccc1C)NC1CCC(=O)NC1. The molecule has 132 valence electrons. The van der Waals surface area contributed by atoms with Crippen molar-refractivity contribution in [1.29, 1.82) is 0 Å². The van der Waals surface area contributed by atoms with E-state index in [1.807, 2.05) is 45.0 Å². The van der Waals surface area contributed by atoms with Crippen LogP contribution in [0.5, 0.6) is 5.75 Å². The Kier molecular flexibility index (Phi) is 6.90. The van der Waals surface area contributed by atoms with Gasteiger partial charge in [-0.15, -0.1) is 0 Å². The molecule has 0 aliphatic carbocycles. The van der Waals surface area contributed by atoms with Gasteiger partial charge in [-0.3, -0.25) is 4.79 Å². The first-order valence-corrected chi connectivity index (χ1v) is 8.62. The molecule has 0 radical (unpaired) electrons. The molecule has 6 nitrogen and oxygen atoms in total. The van der Waals surface area contributed by atoms with E-state index in [4.69, 9.17) is 4.74 Å². The summed E-state index contributed by atoms with van der Waals surface area (Å²) in [6.45, 7) is 8.07. The minimum atomic E-state index is -0.0207. The number of ether oxygens (including phenoxy) is 1. The highest BCUT2D eigenvalue weighted by atomic mass is 16.5. The normalized spacial score (nSPS) is 19.4. The van der Waals surface area contributed by atoms with Crippen LogP contribution in [0.1, 0.15) is 32.3 Å². The average Bonchev–Trinajstić information content (AvgIpc) is 2.57. The highest BCUT2D eigenvalue weighted by Gasteiger charge is 2.18. The maximum Gasteiger partial charge on any atom is 0.220 e. The van der Waals surface area contributed by atoms with Gasteiger partial charge < -0.3 is 20.7 Å². The lowest BCUT2D eigenvalue weighted by molar-refractivity contribution is -0.122. The number of nitrogens with zero attached hydrogens (tertiary/aromatic N) is 1. The van der Waals surface area contributed by atoms with Gasteiger partial charge in [-0.05, 0) is 38.8 Å². The predicted octanol–water partition coefficient (Wildman–Crippen LogP) is 1.60. The number of aliphatic imine (C=N–C) groups is 1. The van der Waals surface area contributed by atoms with Crippen molar-refractivity contribution < 1.29 is 9.53 Å². The summed E-state index contributed by atoms with van der Waals surface area (Å²) in [7, 11) is 0. The fourth-order valence-electron chi connectivity index (χ4n) is 2.53. The summed E-state index contributed by atoms with van der Waals surface area (Å²) in [6, 6.07) is 8.20. The predicted molar refractivity (Wildman–Crippen MR) is 96.4 cm³/mol. The second-order valence-electron chi connectivity index (χ2n) is 6.10. The van der Waals surface area contributed by atoms with Gasteiger partial charge in [0.1, 0.15) is 11.9 Å². The lowest BCUT2D eigenvalue weighted by atomic mass is 10.1. The van der Waals surface area contributed by atoms with E-state index in [2.05, 4.69) is 20.9 Å². The van der Waals surface area contributed by atoms with Crippen molar-refractivity contribution in [3.05, 3.63) is 29.8 Å². The van der Waals surface area contributed by atoms with E-state index in [1.165, 1.54) is 0 Å². The first kappa shape index (κ1) is 18.1. The van der Waals surface area contributed by atoms with E-state index >= 15 is 0 Å². The molecule has 2 atom stereocenters. The summed E-state index contributed by atoms with van der Waals surface area (Å²) in [6.07, 6.45) is 1.36. The van der Waals surface area contributed by atoms with Crippen molar-refractivity contribution in [1.82, 2.24) is 16.0 Å². The van der Waals surface area contributed by atoms with Crippen LogP contribution in [-0.2, 0) is 4.79 Å². The first-order chi connectivity index (χ1) is 11.6. The van der Waals surface area contributed by atoms with Crippen LogP contribution < -0.4 is 20.7 Å². The Hall–Kier alpha value is -2.24. The molecule has 1 fully saturated rings. The van der Waals surface area contributed by atoms with Crippen LogP contribution >= 0.6 is 0 Å². The quantitative estimate of drug-likeness (QED) is 0.546. The van der Waals surface area contributed by atoms with Crippen molar-refractivity contribution >= 4 is 11.9 Å². The Labute approximate surface area is 144 Å². The molecule has 0 aromatic heterocycles. The first-order valence-electron chi connectivity index (χ1n) is 8.62. The van der Waals surface area contributed by atoms with Gasteiger partial charge in [-0.1, -0.05) is 18.2 Å². The van der Waals surface area contributed by atoms with Gasteiger partial charge in [0.15, 0.2) is 5.96 Å². The molecule has 2 rings (SSSR count). The Balaban J connectivity index is 1.87. The van der Waals surface area contributed by atoms with Gasteiger partial charge in [0.05, 0.1) is 6.54 Å². The summed E-state index contributed by atoms with van der Waals surface area (Å²) in [4.78, 5) is 15.8. The minimum absolute atomic E-state index is 0.0207. The fraction of sp³-hybridized carbons (Fsp3) is 0.556. The number of para-hydroxylation sites is 1. The van der Waals surface area contributed by atoms with E-state index in [1.54, 1.807) is 0 Å². The topological polar surface area (TPSA) is 74.8 Å². The summed E-state index contributed by atoms with van der Waals surface area (Å²) in [5, 5.41) is 9.49. The van der Waals surface area contributed by atoms with Gasteiger partial charge in [-0.25, -0.2) is 4.99 Å². The summed E-state index contributed by atoms with van der Waals surface area (Å²) in [5.74, 6) is 1.78. The third-order valence-electron chi connectivity index (χ3n) is 3.88. The molecule has 1 heterocycles. The number of carbonyl (C=O) groups excluding carboxylic acids is 1. The molecular weight excluding hydrogens is 304 g/mol. The molecule has 2 unspecified atom stereocenters. The molecule has 1 aliphatic heterocycles. The number of carbonyl (C=O) groups is 1. The molecule has 1 aromatic carbocycles. The molecular formula is C18H28N4O2. The third kappa shape index (κ3) is 5.76. The number of hydrogen-bond donors (Lipinski definition) is 3. The highest BCUT2D eigenvalue weighted by molar-refractivity contribution is 5.81. The number of benzene rings is 1. The molecule has 6 heteroatoms. The molecule has 0 spiro atoms. The van der Waals surface area contributed by atoms with Crippen molar-refractivity contribution in [2.75, 3.05) is 19.6 Å². The maximum atomic E-state index is 11.2. The monoisotopic (exact) mass is 332 g/mol. The molecule has 1 saturated heterocycles. The van der Waals surface area contributed by atoms with Gasteiger partial charge in [0.25, 0.3) is 0 Å². The zero-order valence-electron chi connectivity index (χ0n) is 14.8. The fourth-order valence-corrected chi connectivity index (χ4v) is 2.53. The van der Waals surface area contributed by atoms with Gasteiger partial charge in [0.2, 0.25) is 5.91 Å². The van der Waals surface area contributed by atoms with Crippen LogP contribution in [0.25, 0.3) is 0 Å². The van der Waals surface area contributed by atoms with Crippen LogP contribution in [-0.4, -0.2) is 43.6 Å². The van der Waals surface area contributed by atoms with E-state index < -0.39 is 0 Å². The zero-order chi connectivity index (χ0) is 17.4. The van der Waals surface area contributed by atoms with Crippen molar-refractivity contribution in [2.45, 2.75) is 45.8 Å². The lowest BCUT2D eigenvalue weighted by Crippen LogP contribution is -2.51. The number of aryl methyl sites for hydroxylation is 1. The second kappa shape index (κ2) is 9.15. The number of amides is 1. The van der Waals surface area contributed by atoms with E-state index in [0.29, 0.717) is 19.5 Å². The highest BCUT2D eigenvalue weighted by Crippen LogP contribution is 2.17. The average molecular weight is 332 g/mol. The molecule has 24 heavy (non-hydrogen) atoms. The van der Waals surface area contributed by atoms with Gasteiger partial charge in [-0.2, -0.15) is 0 Å². The Morgan fingerprint density at radius 3 is 2.92 bits per heavy atom. The largest absolute Gasteiger partial charge is 0.489 e. The van der Waals surface area contributed by atoms with Crippen molar-refractivity contribution in [2.24, 2.45) is 4.99 Å². The number of hydrogen-bond acceptors (Lipinski definition) is 3. The standard InChI is InChI=1S/C18H28N4O2/c1-4-19-18(22-15-9-10-17(23)20-12-15)21-11-14(3)24-16-8-6-5-7-13(16)2/h5-8,14-15H,4,9-12H2,1-3H3,(H,20,23)(H2,19,21,22). The van der Waals surface area contributed by atoms with Crippen molar-refractivity contribution in [3.63, 3.8) is 0 Å². The van der Waals surface area contributed by atoms with Gasteiger partial charge in [0, 0.05) is 25.6 Å². The molecule has 1 aliphatic rings. The summed E-state index contributed by atoms with van der Waals surface area (Å²) >= 11 is 0. The number of rotatable bonds is 6. The maximum absolute atomic E-state index is 11.2. The second-order valence-corrected chi connectivity index (χ2v) is 6.10. The van der Waals surface area contributed by atoms with Crippen LogP contribution in [0.2, 0.25) is 0 Å². The number of nitrogens with one attached hydrogen (secondary N) is 3. The third-order valence-corrected chi connectivity index (χ3v) is 3.88. The van der Waals surface area contributed by atoms with Gasteiger partial charge >= 0.3 is 0 Å². The number of guanidine groups is 1. The number of piperidine rings is 1. The summed E-state index contributed by atoms with van der Waals surface area (Å²) < 4.78 is 5.96. The van der Waals surface area contributed by atoms with Crippen LogP contribution in [0.3, 0.4) is 0 Å². The Bertz CT molecular complexity index is 564. The van der Waals surface area contributed by atoms with E-state index in [0.717, 1.165) is 30.2 Å². The summed E-state index contributed by atoms with van der Waals surface area (Å²) in [5.41, 5.74) is 1.12. The molecule has 1 aromatic rings. The van der Waals surface area contributed by atoms with E-state index in [9.17, 15) is 4.79 Å². The molecule has 3 N–H and O–H groups in total. The van der Waals surface area contributed by atoms with Crippen molar-refractivity contribution in [3.8, 4) is 5.75 Å². The Morgan fingerprint density at radius 1 is 1.46 bits per heavy atom. The molecule has 0 saturated carbocycles. The van der Waals surface area contributed by atoms with Crippen LogP contribution in [0.4, 0.5) is 0 Å². The smallest absolute Gasteiger partial charge is 0.220 e. The Morgan fingerprint density at radius 2 is 2.25 bits per heavy atom. The van der Waals surface area contributed by atoms with Crippen LogP contribution in [0.15, 0.2) is 29.3 Å². The van der Waals surface area contributed by atoms with E-state index in [-0.39, 0.29) is 18.1 Å². The lowest BCUT2D eigenvalue weighted by Gasteiger charge is -2.25. The van der Waals surface area contributed by atoms with Crippen LogP contribution in [0, 0.1) is 6.92 Å². The zero-order valence-corrected chi connectivity index (χ0v) is 14.8.